The van der Waals surface area contributed by atoms with Crippen LogP contribution in [0.5, 0.6) is 0 Å². The molecule has 0 nitrogen and oxygen atoms in total. The highest BCUT2D eigenvalue weighted by molar-refractivity contribution is 5.14. The largest absolute Gasteiger partial charge is 0.0996 e. The van der Waals surface area contributed by atoms with E-state index in [4.69, 9.17) is 0 Å². The summed E-state index contributed by atoms with van der Waals surface area (Å²) >= 11 is 0. The summed E-state index contributed by atoms with van der Waals surface area (Å²) in [6.07, 6.45) is 15.1. The van der Waals surface area contributed by atoms with Crippen LogP contribution in [0.4, 0.5) is 0 Å². The Bertz CT molecular complexity index is 620. The van der Waals surface area contributed by atoms with Crippen molar-refractivity contribution in [2.75, 3.05) is 0 Å². The van der Waals surface area contributed by atoms with Gasteiger partial charge in [-0.2, -0.15) is 0 Å². The van der Waals surface area contributed by atoms with Crippen molar-refractivity contribution in [1.29, 1.82) is 0 Å². The van der Waals surface area contributed by atoms with E-state index in [1.807, 2.05) is 0 Å². The molecular formula is C28H46. The van der Waals surface area contributed by atoms with Crippen molar-refractivity contribution < 1.29 is 0 Å². The van der Waals surface area contributed by atoms with Crippen LogP contribution in [0.1, 0.15) is 106 Å². The van der Waals surface area contributed by atoms with Gasteiger partial charge in [-0.15, -0.1) is 0 Å². The van der Waals surface area contributed by atoms with Gasteiger partial charge in [0.25, 0.3) is 0 Å². The smallest absolute Gasteiger partial charge is 0.0208 e. The fourth-order valence-corrected chi connectivity index (χ4v) is 8.69. The Balaban J connectivity index is 1.52. The average molecular weight is 383 g/mol. The van der Waals surface area contributed by atoms with E-state index in [-0.39, 0.29) is 0 Å². The Kier molecular flexibility index (Phi) is 5.70. The summed E-state index contributed by atoms with van der Waals surface area (Å²) in [5.74, 6) is 14.1. The van der Waals surface area contributed by atoms with Gasteiger partial charge in [0, 0.05) is 11.8 Å². The summed E-state index contributed by atoms with van der Waals surface area (Å²) in [6, 6.07) is 0. The van der Waals surface area contributed by atoms with E-state index in [0.717, 1.165) is 29.6 Å². The molecule has 0 aromatic heterocycles. The second-order valence-electron chi connectivity index (χ2n) is 12.2. The van der Waals surface area contributed by atoms with Crippen molar-refractivity contribution in [3.63, 3.8) is 0 Å². The Hall–Kier alpha value is -0.440. The quantitative estimate of drug-likeness (QED) is 0.425. The van der Waals surface area contributed by atoms with Gasteiger partial charge >= 0.3 is 0 Å². The summed E-state index contributed by atoms with van der Waals surface area (Å²) < 4.78 is 0. The van der Waals surface area contributed by atoms with Gasteiger partial charge in [0.05, 0.1) is 0 Å². The molecule has 9 atom stereocenters. The molecule has 0 bridgehead atoms. The summed E-state index contributed by atoms with van der Waals surface area (Å²) in [6.45, 7) is 14.8. The van der Waals surface area contributed by atoms with Crippen LogP contribution in [0.3, 0.4) is 0 Å². The maximum atomic E-state index is 3.74. The van der Waals surface area contributed by atoms with Gasteiger partial charge < -0.3 is 0 Å². The van der Waals surface area contributed by atoms with E-state index in [0.29, 0.717) is 28.6 Å². The maximum absolute atomic E-state index is 3.74. The molecule has 0 aromatic carbocycles. The fraction of sp³-hybridized carbons (Fsp3) is 0.929. The first-order chi connectivity index (χ1) is 13.3. The summed E-state index contributed by atoms with van der Waals surface area (Å²) in [4.78, 5) is 0. The minimum atomic E-state index is 0.532. The average Bonchev–Trinajstić information content (AvgIpc) is 3.02. The van der Waals surface area contributed by atoms with Crippen LogP contribution in [0.15, 0.2) is 0 Å². The van der Waals surface area contributed by atoms with Crippen molar-refractivity contribution in [3.8, 4) is 11.8 Å². The number of hydrogen-bond donors (Lipinski definition) is 0. The van der Waals surface area contributed by atoms with E-state index >= 15 is 0 Å². The molecule has 4 fully saturated rings. The molecule has 0 amide bonds. The number of hydrogen-bond acceptors (Lipinski definition) is 0. The zero-order chi connectivity index (χ0) is 20.1. The molecule has 4 rings (SSSR count). The lowest BCUT2D eigenvalue weighted by Crippen LogP contribution is -2.53. The second kappa shape index (κ2) is 7.67. The van der Waals surface area contributed by atoms with Crippen molar-refractivity contribution in [3.05, 3.63) is 0 Å². The van der Waals surface area contributed by atoms with Gasteiger partial charge in [-0.05, 0) is 97.7 Å². The molecule has 0 heterocycles. The molecule has 0 radical (unpaired) electrons. The van der Waals surface area contributed by atoms with Gasteiger partial charge in [-0.3, -0.25) is 0 Å². The summed E-state index contributed by atoms with van der Waals surface area (Å²) in [7, 11) is 0. The van der Waals surface area contributed by atoms with Crippen LogP contribution < -0.4 is 0 Å². The SMILES string of the molecule is CC(C)[C@@H](C)C#C[C@@H](C)[C@H]1CC[C@H]2[C@@H]3CCC4CCCC[C@]4(C)[C@H]3CC[C@]12C. The summed E-state index contributed by atoms with van der Waals surface area (Å²) in [5.41, 5.74) is 1.24. The van der Waals surface area contributed by atoms with Crippen LogP contribution in [0.25, 0.3) is 0 Å². The first-order valence-electron chi connectivity index (χ1n) is 12.8. The minimum absolute atomic E-state index is 0.532. The highest BCUT2D eigenvalue weighted by Crippen LogP contribution is 2.68. The Labute approximate surface area is 176 Å². The lowest BCUT2D eigenvalue weighted by atomic mass is 9.44. The molecular weight excluding hydrogens is 336 g/mol. The standard InChI is InChI=1S/C28H46/c1-19(2)20(3)10-11-21(4)24-14-15-25-23-13-12-22-9-7-8-17-27(22,5)26(23)16-18-28(24,25)6/h19-26H,7-9,12-18H2,1-6H3/t20-,21+,22?,23-,24+,25-,26-,27-,28+/m0/s1. The van der Waals surface area contributed by atoms with Crippen molar-refractivity contribution in [2.45, 2.75) is 106 Å². The Morgan fingerprint density at radius 2 is 1.46 bits per heavy atom. The van der Waals surface area contributed by atoms with Crippen LogP contribution in [0, 0.1) is 70.0 Å². The van der Waals surface area contributed by atoms with Crippen LogP contribution in [-0.4, -0.2) is 0 Å². The Morgan fingerprint density at radius 1 is 0.714 bits per heavy atom. The third-order valence-corrected chi connectivity index (χ3v) is 10.8. The van der Waals surface area contributed by atoms with Crippen LogP contribution in [-0.2, 0) is 0 Å². The molecule has 4 saturated carbocycles. The van der Waals surface area contributed by atoms with Crippen molar-refractivity contribution in [2.24, 2.45) is 58.2 Å². The second-order valence-corrected chi connectivity index (χ2v) is 12.2. The van der Waals surface area contributed by atoms with Crippen LogP contribution >= 0.6 is 0 Å². The third-order valence-electron chi connectivity index (χ3n) is 10.8. The molecule has 0 heteroatoms. The topological polar surface area (TPSA) is 0 Å². The molecule has 0 aliphatic heterocycles. The number of fused-ring (bicyclic) bond motifs is 5. The zero-order valence-electron chi connectivity index (χ0n) is 19.7. The van der Waals surface area contributed by atoms with Gasteiger partial charge in [-0.1, -0.05) is 66.2 Å². The molecule has 0 spiro atoms. The highest BCUT2D eigenvalue weighted by Gasteiger charge is 2.60. The predicted molar refractivity (Wildman–Crippen MR) is 121 cm³/mol. The lowest BCUT2D eigenvalue weighted by Gasteiger charge is -2.60. The van der Waals surface area contributed by atoms with E-state index in [1.165, 1.54) is 57.8 Å². The van der Waals surface area contributed by atoms with Gasteiger partial charge in [0.15, 0.2) is 0 Å². The lowest BCUT2D eigenvalue weighted by molar-refractivity contribution is -0.112. The van der Waals surface area contributed by atoms with E-state index < -0.39 is 0 Å². The van der Waals surface area contributed by atoms with Gasteiger partial charge in [-0.25, -0.2) is 0 Å². The predicted octanol–water partition coefficient (Wildman–Crippen LogP) is 7.97. The molecule has 4 aliphatic carbocycles. The molecule has 4 aliphatic rings. The molecule has 0 aromatic rings. The minimum Gasteiger partial charge on any atom is -0.0996 e. The van der Waals surface area contributed by atoms with Gasteiger partial charge in [0.2, 0.25) is 0 Å². The number of rotatable bonds is 2. The maximum Gasteiger partial charge on any atom is 0.0208 e. The first kappa shape index (κ1) is 20.8. The first-order valence-corrected chi connectivity index (χ1v) is 12.8. The Morgan fingerprint density at radius 3 is 2.21 bits per heavy atom. The van der Waals surface area contributed by atoms with Crippen molar-refractivity contribution >= 4 is 0 Å². The molecule has 0 N–H and O–H groups in total. The molecule has 0 saturated heterocycles. The van der Waals surface area contributed by atoms with E-state index in [9.17, 15) is 0 Å². The van der Waals surface area contributed by atoms with E-state index in [2.05, 4.69) is 53.4 Å². The van der Waals surface area contributed by atoms with E-state index in [1.54, 1.807) is 6.42 Å². The summed E-state index contributed by atoms with van der Waals surface area (Å²) in [5, 5.41) is 0. The van der Waals surface area contributed by atoms with Crippen molar-refractivity contribution in [1.82, 2.24) is 0 Å². The van der Waals surface area contributed by atoms with Gasteiger partial charge in [0.1, 0.15) is 0 Å². The fourth-order valence-electron chi connectivity index (χ4n) is 8.69. The highest BCUT2D eigenvalue weighted by atomic mass is 14.6. The molecule has 158 valence electrons. The zero-order valence-corrected chi connectivity index (χ0v) is 19.7. The third kappa shape index (κ3) is 3.28. The normalized spacial score (nSPS) is 47.3. The monoisotopic (exact) mass is 382 g/mol. The van der Waals surface area contributed by atoms with Crippen LogP contribution in [0.2, 0.25) is 0 Å². The molecule has 28 heavy (non-hydrogen) atoms. The molecule has 1 unspecified atom stereocenters.